The van der Waals surface area contributed by atoms with Gasteiger partial charge in [-0.15, -0.1) is 11.3 Å². The molecule has 4 rings (SSSR count). The van der Waals surface area contributed by atoms with Gasteiger partial charge in [-0.1, -0.05) is 40.2 Å². The topological polar surface area (TPSA) is 62.7 Å². The molecule has 0 amide bonds. The third-order valence-electron chi connectivity index (χ3n) is 5.43. The Hall–Kier alpha value is -1.94. The number of methoxy groups -OCH3 is 1. The third-order valence-corrected chi connectivity index (χ3v) is 8.79. The molecule has 0 aliphatic carbocycles. The van der Waals surface area contributed by atoms with Gasteiger partial charge in [0, 0.05) is 42.5 Å². The van der Waals surface area contributed by atoms with Gasteiger partial charge in [-0.05, 0) is 36.2 Å². The largest absolute Gasteiger partial charge is 0.495 e. The fourth-order valence-corrected chi connectivity index (χ4v) is 6.63. The summed E-state index contributed by atoms with van der Waals surface area (Å²) in [6.07, 6.45) is 0.806. The van der Waals surface area contributed by atoms with Crippen LogP contribution < -0.4 is 9.64 Å². The number of hydrogen-bond donors (Lipinski definition) is 0. The second kappa shape index (κ2) is 9.28. The predicted octanol–water partition coefficient (Wildman–Crippen LogP) is 4.32. The minimum Gasteiger partial charge on any atom is -0.495 e. The molecule has 0 spiro atoms. The fourth-order valence-electron chi connectivity index (χ4n) is 3.64. The lowest BCUT2D eigenvalue weighted by Gasteiger charge is -2.34. The van der Waals surface area contributed by atoms with E-state index in [4.69, 9.17) is 9.72 Å². The van der Waals surface area contributed by atoms with Crippen LogP contribution in [0.15, 0.2) is 57.2 Å². The highest BCUT2D eigenvalue weighted by Gasteiger charge is 2.31. The first-order valence-corrected chi connectivity index (χ1v) is 13.1. The van der Waals surface area contributed by atoms with Crippen molar-refractivity contribution in [3.63, 3.8) is 0 Å². The van der Waals surface area contributed by atoms with E-state index in [0.29, 0.717) is 36.4 Å². The van der Waals surface area contributed by atoms with Crippen molar-refractivity contribution in [2.45, 2.75) is 18.2 Å². The summed E-state index contributed by atoms with van der Waals surface area (Å²) in [6.45, 7) is 4.14. The van der Waals surface area contributed by atoms with E-state index in [1.54, 1.807) is 29.5 Å². The van der Waals surface area contributed by atoms with Crippen LogP contribution in [0.1, 0.15) is 16.8 Å². The molecule has 0 bridgehead atoms. The number of nitrogens with zero attached hydrogens (tertiary/aromatic N) is 3. The summed E-state index contributed by atoms with van der Waals surface area (Å²) in [4.78, 5) is 7.16. The monoisotopic (exact) mass is 521 g/mol. The van der Waals surface area contributed by atoms with Gasteiger partial charge in [-0.25, -0.2) is 13.4 Å². The van der Waals surface area contributed by atoms with E-state index in [1.165, 1.54) is 22.5 Å². The predicted molar refractivity (Wildman–Crippen MR) is 128 cm³/mol. The Kier molecular flexibility index (Phi) is 6.66. The van der Waals surface area contributed by atoms with Crippen LogP contribution in [0.25, 0.3) is 0 Å². The number of sulfonamides is 1. The number of thiazole rings is 1. The van der Waals surface area contributed by atoms with Gasteiger partial charge in [0.15, 0.2) is 5.13 Å². The maximum atomic E-state index is 13.2. The van der Waals surface area contributed by atoms with E-state index >= 15 is 0 Å². The van der Waals surface area contributed by atoms with Gasteiger partial charge in [0.1, 0.15) is 10.6 Å². The summed E-state index contributed by atoms with van der Waals surface area (Å²) < 4.78 is 33.9. The van der Waals surface area contributed by atoms with Crippen LogP contribution in [0, 0.1) is 6.92 Å². The van der Waals surface area contributed by atoms with E-state index in [0.717, 1.165) is 17.2 Å². The van der Waals surface area contributed by atoms with Crippen LogP contribution in [0.4, 0.5) is 5.13 Å². The van der Waals surface area contributed by atoms with Gasteiger partial charge < -0.3 is 9.64 Å². The number of piperazine rings is 1. The smallest absolute Gasteiger partial charge is 0.246 e. The quantitative estimate of drug-likeness (QED) is 0.483. The Balaban J connectivity index is 1.44. The summed E-state index contributed by atoms with van der Waals surface area (Å²) in [7, 11) is -2.16. The van der Waals surface area contributed by atoms with Crippen molar-refractivity contribution in [3.05, 3.63) is 69.1 Å². The molecular weight excluding hydrogens is 498 g/mol. The number of ether oxygens (including phenoxy) is 1. The molecule has 1 aliphatic heterocycles. The first-order valence-electron chi connectivity index (χ1n) is 9.96. The Morgan fingerprint density at radius 2 is 1.87 bits per heavy atom. The second-order valence-corrected chi connectivity index (χ2v) is 11.1. The van der Waals surface area contributed by atoms with Crippen LogP contribution >= 0.6 is 27.3 Å². The van der Waals surface area contributed by atoms with E-state index in [2.05, 4.69) is 51.3 Å². The summed E-state index contributed by atoms with van der Waals surface area (Å²) in [5, 5.41) is 3.04. The number of halogens is 1. The number of aryl methyl sites for hydroxylation is 1. The van der Waals surface area contributed by atoms with Crippen molar-refractivity contribution in [1.82, 2.24) is 9.29 Å². The molecule has 9 heteroatoms. The summed E-state index contributed by atoms with van der Waals surface area (Å²) in [5.41, 5.74) is 3.58. The van der Waals surface area contributed by atoms with Gasteiger partial charge in [0.2, 0.25) is 10.0 Å². The lowest BCUT2D eigenvalue weighted by Crippen LogP contribution is -2.48. The van der Waals surface area contributed by atoms with Gasteiger partial charge in [0.05, 0.1) is 12.8 Å². The summed E-state index contributed by atoms with van der Waals surface area (Å²) in [5.74, 6) is 0.353. The first kappa shape index (κ1) is 22.3. The molecular formula is C22H24BrN3O3S2. The van der Waals surface area contributed by atoms with Gasteiger partial charge in [0.25, 0.3) is 0 Å². The first-order chi connectivity index (χ1) is 14.9. The van der Waals surface area contributed by atoms with Crippen molar-refractivity contribution in [3.8, 4) is 5.75 Å². The van der Waals surface area contributed by atoms with Crippen LogP contribution in [0.5, 0.6) is 5.75 Å². The molecule has 1 aliphatic rings. The standard InChI is InChI=1S/C22H24BrN3O3S2/c1-16-5-3-4-6-17(16)13-19-15-30-22(24-19)25-9-11-26(12-10-25)31(27,28)21-14-18(23)7-8-20(21)29-2/h3-8,14-15H,9-13H2,1-2H3. The maximum Gasteiger partial charge on any atom is 0.246 e. The Bertz CT molecular complexity index is 1170. The number of aromatic nitrogens is 1. The second-order valence-electron chi connectivity index (χ2n) is 7.41. The lowest BCUT2D eigenvalue weighted by molar-refractivity contribution is 0.374. The molecule has 31 heavy (non-hydrogen) atoms. The van der Waals surface area contributed by atoms with Crippen LogP contribution in [-0.2, 0) is 16.4 Å². The van der Waals surface area contributed by atoms with Crippen molar-refractivity contribution >= 4 is 42.4 Å². The van der Waals surface area contributed by atoms with Gasteiger partial charge in [-0.2, -0.15) is 4.31 Å². The molecule has 0 unspecified atom stereocenters. The van der Waals surface area contributed by atoms with E-state index in [1.807, 2.05) is 6.07 Å². The normalized spacial score (nSPS) is 15.3. The van der Waals surface area contributed by atoms with Crippen molar-refractivity contribution in [1.29, 1.82) is 0 Å². The summed E-state index contributed by atoms with van der Waals surface area (Å²) >= 11 is 4.97. The van der Waals surface area contributed by atoms with Gasteiger partial charge in [-0.3, -0.25) is 0 Å². The zero-order chi connectivity index (χ0) is 22.0. The molecule has 0 N–H and O–H groups in total. The molecule has 3 aromatic rings. The maximum absolute atomic E-state index is 13.2. The molecule has 0 radical (unpaired) electrons. The van der Waals surface area contributed by atoms with E-state index in [-0.39, 0.29) is 4.90 Å². The third kappa shape index (κ3) is 4.79. The Morgan fingerprint density at radius 3 is 2.58 bits per heavy atom. The Morgan fingerprint density at radius 1 is 1.13 bits per heavy atom. The van der Waals surface area contributed by atoms with E-state index in [9.17, 15) is 8.42 Å². The Labute approximate surface area is 195 Å². The molecule has 0 atom stereocenters. The van der Waals surface area contributed by atoms with Crippen molar-refractivity contribution in [2.75, 3.05) is 38.2 Å². The molecule has 2 heterocycles. The van der Waals surface area contributed by atoms with Gasteiger partial charge >= 0.3 is 0 Å². The highest BCUT2D eigenvalue weighted by atomic mass is 79.9. The number of hydrogen-bond acceptors (Lipinski definition) is 6. The highest BCUT2D eigenvalue weighted by Crippen LogP contribution is 2.31. The summed E-state index contributed by atoms with van der Waals surface area (Å²) in [6, 6.07) is 13.4. The molecule has 0 saturated carbocycles. The lowest BCUT2D eigenvalue weighted by atomic mass is 10.1. The molecule has 164 valence electrons. The van der Waals surface area contributed by atoms with E-state index < -0.39 is 10.0 Å². The molecule has 2 aromatic carbocycles. The highest BCUT2D eigenvalue weighted by molar-refractivity contribution is 9.10. The zero-order valence-corrected chi connectivity index (χ0v) is 20.6. The molecule has 6 nitrogen and oxygen atoms in total. The van der Waals surface area contributed by atoms with Crippen LogP contribution in [0.3, 0.4) is 0 Å². The number of benzene rings is 2. The number of anilines is 1. The number of rotatable bonds is 6. The fraction of sp³-hybridized carbons (Fsp3) is 0.318. The van der Waals surface area contributed by atoms with Crippen molar-refractivity contribution in [2.24, 2.45) is 0 Å². The van der Waals surface area contributed by atoms with Crippen LogP contribution in [-0.4, -0.2) is 51.0 Å². The molecule has 1 saturated heterocycles. The zero-order valence-electron chi connectivity index (χ0n) is 17.4. The minimum absolute atomic E-state index is 0.188. The SMILES string of the molecule is COc1ccc(Br)cc1S(=O)(=O)N1CCN(c2nc(Cc3ccccc3C)cs2)CC1. The van der Waals surface area contributed by atoms with Crippen LogP contribution in [0.2, 0.25) is 0 Å². The average Bonchev–Trinajstić information content (AvgIpc) is 3.24. The molecule has 1 fully saturated rings. The minimum atomic E-state index is -3.64. The molecule has 1 aromatic heterocycles. The van der Waals surface area contributed by atoms with Crippen molar-refractivity contribution < 1.29 is 13.2 Å². The average molecular weight is 522 g/mol.